The SMILES string of the molecule is C[C@@H]1C(C=CC=C2C[C@@H](O)C3=CCO[C@@H]3C2)CCC1[C@H](C)CCCC(C)(C)O. The zero-order valence-corrected chi connectivity index (χ0v) is 18.2. The summed E-state index contributed by atoms with van der Waals surface area (Å²) in [6.07, 6.45) is 16.1. The highest BCUT2D eigenvalue weighted by molar-refractivity contribution is 5.30. The molecule has 0 aromatic carbocycles. The second-order valence-electron chi connectivity index (χ2n) is 10.1. The monoisotopic (exact) mass is 388 g/mol. The second kappa shape index (κ2) is 9.28. The molecule has 3 rings (SSSR count). The van der Waals surface area contributed by atoms with Crippen molar-refractivity contribution in [2.24, 2.45) is 23.7 Å². The molecule has 1 aliphatic heterocycles. The second-order valence-corrected chi connectivity index (χ2v) is 10.1. The van der Waals surface area contributed by atoms with E-state index in [1.807, 2.05) is 19.9 Å². The maximum absolute atomic E-state index is 10.3. The largest absolute Gasteiger partial charge is 0.390 e. The molecule has 0 amide bonds. The fourth-order valence-corrected chi connectivity index (χ4v) is 5.55. The Morgan fingerprint density at radius 1 is 1.29 bits per heavy atom. The predicted molar refractivity (Wildman–Crippen MR) is 115 cm³/mol. The van der Waals surface area contributed by atoms with E-state index in [4.69, 9.17) is 4.74 Å². The molecule has 158 valence electrons. The lowest BCUT2D eigenvalue weighted by Crippen LogP contribution is -2.27. The molecule has 2 fully saturated rings. The van der Waals surface area contributed by atoms with Gasteiger partial charge >= 0.3 is 0 Å². The van der Waals surface area contributed by atoms with Crippen molar-refractivity contribution in [1.29, 1.82) is 0 Å². The van der Waals surface area contributed by atoms with Gasteiger partial charge in [0.15, 0.2) is 0 Å². The van der Waals surface area contributed by atoms with Crippen LogP contribution in [-0.2, 0) is 4.74 Å². The highest BCUT2D eigenvalue weighted by Gasteiger charge is 2.34. The predicted octanol–water partition coefficient (Wildman–Crippen LogP) is 5.19. The van der Waals surface area contributed by atoms with Crippen molar-refractivity contribution in [2.45, 2.75) is 90.4 Å². The Balaban J connectivity index is 1.48. The normalized spacial score (nSPS) is 36.1. The number of hydrogen-bond acceptors (Lipinski definition) is 3. The van der Waals surface area contributed by atoms with Crippen LogP contribution in [0.5, 0.6) is 0 Å². The first-order valence-electron chi connectivity index (χ1n) is 11.3. The van der Waals surface area contributed by atoms with Gasteiger partial charge in [-0.2, -0.15) is 0 Å². The third-order valence-corrected chi connectivity index (χ3v) is 7.33. The van der Waals surface area contributed by atoms with Crippen molar-refractivity contribution in [3.63, 3.8) is 0 Å². The standard InChI is InChI=1S/C25H40O3/c1-17(7-6-13-25(3,4)27)21-11-10-20(18(21)2)9-5-8-19-15-23(26)22-12-14-28-24(22)16-19/h5,8-9,12,17-18,20-21,23-24,26-27H,6-7,10-11,13-16H2,1-4H3/t17-,18-,20?,21?,23-,24-/m1/s1. The molecule has 0 aromatic heterocycles. The van der Waals surface area contributed by atoms with Crippen molar-refractivity contribution < 1.29 is 14.9 Å². The molecule has 0 aromatic rings. The van der Waals surface area contributed by atoms with Crippen LogP contribution >= 0.6 is 0 Å². The Morgan fingerprint density at radius 3 is 2.82 bits per heavy atom. The Kier molecular flexibility index (Phi) is 7.22. The van der Waals surface area contributed by atoms with Crippen LogP contribution in [0.3, 0.4) is 0 Å². The van der Waals surface area contributed by atoms with Gasteiger partial charge in [-0.3, -0.25) is 0 Å². The van der Waals surface area contributed by atoms with Crippen LogP contribution in [0, 0.1) is 23.7 Å². The van der Waals surface area contributed by atoms with Crippen LogP contribution in [0.4, 0.5) is 0 Å². The van der Waals surface area contributed by atoms with E-state index in [2.05, 4.69) is 32.1 Å². The summed E-state index contributed by atoms with van der Waals surface area (Å²) in [7, 11) is 0. The topological polar surface area (TPSA) is 49.7 Å². The van der Waals surface area contributed by atoms with Crippen LogP contribution in [0.15, 0.2) is 35.5 Å². The molecule has 2 aliphatic carbocycles. The molecule has 2 N–H and O–H groups in total. The van der Waals surface area contributed by atoms with Gasteiger partial charge in [0.25, 0.3) is 0 Å². The minimum atomic E-state index is -0.535. The van der Waals surface area contributed by atoms with Gasteiger partial charge in [0.2, 0.25) is 0 Å². The van der Waals surface area contributed by atoms with Gasteiger partial charge in [-0.25, -0.2) is 0 Å². The molecule has 0 saturated heterocycles. The number of aliphatic hydroxyl groups excluding tert-OH is 1. The molecule has 0 radical (unpaired) electrons. The molecular weight excluding hydrogens is 348 g/mol. The minimum Gasteiger partial charge on any atom is -0.390 e. The van der Waals surface area contributed by atoms with Crippen LogP contribution in [0.2, 0.25) is 0 Å². The van der Waals surface area contributed by atoms with Crippen LogP contribution < -0.4 is 0 Å². The van der Waals surface area contributed by atoms with E-state index >= 15 is 0 Å². The Hall–Kier alpha value is -0.900. The van der Waals surface area contributed by atoms with Crippen molar-refractivity contribution >= 4 is 0 Å². The first kappa shape index (κ1) is 21.8. The summed E-state index contributed by atoms with van der Waals surface area (Å²) in [5, 5.41) is 20.2. The van der Waals surface area contributed by atoms with E-state index < -0.39 is 5.60 Å². The summed E-state index contributed by atoms with van der Waals surface area (Å²) in [4.78, 5) is 0. The lowest BCUT2D eigenvalue weighted by Gasteiger charge is -2.27. The molecule has 0 bridgehead atoms. The van der Waals surface area contributed by atoms with Gasteiger partial charge in [-0.05, 0) is 75.2 Å². The lowest BCUT2D eigenvalue weighted by molar-refractivity contribution is 0.0655. The molecule has 2 unspecified atom stereocenters. The Bertz CT molecular complexity index is 610. The molecule has 3 aliphatic rings. The number of rotatable bonds is 7. The Morgan fingerprint density at radius 2 is 2.07 bits per heavy atom. The van der Waals surface area contributed by atoms with Crippen molar-refractivity contribution in [3.05, 3.63) is 35.5 Å². The number of allylic oxidation sites excluding steroid dienone is 3. The van der Waals surface area contributed by atoms with E-state index in [1.165, 1.54) is 24.8 Å². The number of ether oxygens (including phenoxy) is 1. The highest BCUT2D eigenvalue weighted by Crippen LogP contribution is 2.43. The molecular formula is C25H40O3. The molecule has 0 spiro atoms. The first-order valence-corrected chi connectivity index (χ1v) is 11.3. The van der Waals surface area contributed by atoms with Gasteiger partial charge < -0.3 is 14.9 Å². The third-order valence-electron chi connectivity index (χ3n) is 7.33. The van der Waals surface area contributed by atoms with Gasteiger partial charge in [0.1, 0.15) is 0 Å². The number of fused-ring (bicyclic) bond motifs is 1. The van der Waals surface area contributed by atoms with Crippen molar-refractivity contribution in [3.8, 4) is 0 Å². The average molecular weight is 389 g/mol. The van der Waals surface area contributed by atoms with E-state index in [0.717, 1.165) is 49.0 Å². The highest BCUT2D eigenvalue weighted by atomic mass is 16.5. The number of aliphatic hydroxyl groups is 2. The fraction of sp³-hybridized carbons (Fsp3) is 0.760. The molecule has 2 saturated carbocycles. The molecule has 28 heavy (non-hydrogen) atoms. The summed E-state index contributed by atoms with van der Waals surface area (Å²) in [5.74, 6) is 2.90. The Labute approximate surface area is 171 Å². The summed E-state index contributed by atoms with van der Waals surface area (Å²) >= 11 is 0. The molecule has 1 heterocycles. The van der Waals surface area contributed by atoms with Crippen molar-refractivity contribution in [1.82, 2.24) is 0 Å². The summed E-state index contributed by atoms with van der Waals surface area (Å²) < 4.78 is 5.71. The van der Waals surface area contributed by atoms with Gasteiger partial charge in [-0.15, -0.1) is 0 Å². The van der Waals surface area contributed by atoms with Gasteiger partial charge in [-0.1, -0.05) is 56.6 Å². The van der Waals surface area contributed by atoms with Gasteiger partial charge in [0.05, 0.1) is 24.4 Å². The van der Waals surface area contributed by atoms with E-state index in [1.54, 1.807) is 0 Å². The maximum atomic E-state index is 10.3. The van der Waals surface area contributed by atoms with Crippen LogP contribution in [0.25, 0.3) is 0 Å². The zero-order valence-electron chi connectivity index (χ0n) is 18.2. The number of hydrogen-bond donors (Lipinski definition) is 2. The average Bonchev–Trinajstić information content (AvgIpc) is 3.21. The van der Waals surface area contributed by atoms with E-state index in [9.17, 15) is 10.2 Å². The zero-order chi connectivity index (χ0) is 20.3. The lowest BCUT2D eigenvalue weighted by atomic mass is 9.80. The van der Waals surface area contributed by atoms with Crippen molar-refractivity contribution in [2.75, 3.05) is 6.61 Å². The quantitative estimate of drug-likeness (QED) is 0.590. The fourth-order valence-electron chi connectivity index (χ4n) is 5.55. The summed E-state index contributed by atoms with van der Waals surface area (Å²) in [6, 6.07) is 0. The third kappa shape index (κ3) is 5.58. The molecule has 3 nitrogen and oxygen atoms in total. The molecule has 3 heteroatoms. The first-order chi connectivity index (χ1) is 13.2. The smallest absolute Gasteiger partial charge is 0.0852 e. The van der Waals surface area contributed by atoms with E-state index in [0.29, 0.717) is 12.5 Å². The maximum Gasteiger partial charge on any atom is 0.0852 e. The molecule has 6 atom stereocenters. The van der Waals surface area contributed by atoms with Crippen LogP contribution in [-0.4, -0.2) is 34.6 Å². The minimum absolute atomic E-state index is 0.0999. The van der Waals surface area contributed by atoms with Crippen LogP contribution in [0.1, 0.15) is 72.6 Å². The van der Waals surface area contributed by atoms with Gasteiger partial charge in [0, 0.05) is 0 Å². The summed E-state index contributed by atoms with van der Waals surface area (Å²) in [5.41, 5.74) is 1.86. The summed E-state index contributed by atoms with van der Waals surface area (Å²) in [6.45, 7) is 9.28. The van der Waals surface area contributed by atoms with E-state index in [-0.39, 0.29) is 12.2 Å².